The lowest BCUT2D eigenvalue weighted by molar-refractivity contribution is -0.137. The standard InChI is InChI=1S/C24H23ClF3N5/c1-14-5-6-15(21-29-8-4-9-30-21)20(11-14)33-10-3-7-23(33,2)22-31-18-12-16(24(26,27)28)17(25)13-19(18)32-22/h4,8-9,11-13H,3,5-7,10H2,1-2H3,(H,31,32)/t23-/m0/s1. The Morgan fingerprint density at radius 3 is 2.64 bits per heavy atom. The summed E-state index contributed by atoms with van der Waals surface area (Å²) >= 11 is 5.93. The van der Waals surface area contributed by atoms with Gasteiger partial charge in [0.2, 0.25) is 0 Å². The number of aromatic amines is 1. The molecular formula is C24H23ClF3N5. The molecule has 1 N–H and O–H groups in total. The second-order valence-corrected chi connectivity index (χ2v) is 9.30. The van der Waals surface area contributed by atoms with Gasteiger partial charge in [0, 0.05) is 30.2 Å². The van der Waals surface area contributed by atoms with Gasteiger partial charge in [0.05, 0.1) is 27.2 Å². The Labute approximate surface area is 194 Å². The van der Waals surface area contributed by atoms with E-state index in [1.807, 2.05) is 0 Å². The predicted molar refractivity (Wildman–Crippen MR) is 121 cm³/mol. The zero-order valence-electron chi connectivity index (χ0n) is 18.3. The number of alkyl halides is 3. The molecule has 0 saturated carbocycles. The fourth-order valence-corrected chi connectivity index (χ4v) is 5.13. The Balaban J connectivity index is 1.62. The molecule has 1 aliphatic heterocycles. The number of aromatic nitrogens is 4. The van der Waals surface area contributed by atoms with Crippen LogP contribution in [-0.2, 0) is 11.7 Å². The fourth-order valence-electron chi connectivity index (χ4n) is 4.86. The van der Waals surface area contributed by atoms with Crippen LogP contribution in [0, 0.1) is 0 Å². The maximum atomic E-state index is 13.4. The summed E-state index contributed by atoms with van der Waals surface area (Å²) in [7, 11) is 0. The van der Waals surface area contributed by atoms with Gasteiger partial charge in [0.1, 0.15) is 5.82 Å². The van der Waals surface area contributed by atoms with E-state index in [2.05, 4.69) is 44.8 Å². The average molecular weight is 474 g/mol. The number of likely N-dealkylation sites (tertiary alicyclic amines) is 1. The van der Waals surface area contributed by atoms with Crippen molar-refractivity contribution in [1.29, 1.82) is 0 Å². The van der Waals surface area contributed by atoms with Crippen molar-refractivity contribution in [3.63, 3.8) is 0 Å². The molecule has 0 unspecified atom stereocenters. The van der Waals surface area contributed by atoms with Crippen LogP contribution >= 0.6 is 11.6 Å². The summed E-state index contributed by atoms with van der Waals surface area (Å²) in [6.45, 7) is 4.99. The number of allylic oxidation sites excluding steroid dienone is 3. The van der Waals surface area contributed by atoms with E-state index in [9.17, 15) is 13.2 Å². The Kier molecular flexibility index (Phi) is 5.23. The molecule has 0 amide bonds. The van der Waals surface area contributed by atoms with Crippen LogP contribution < -0.4 is 0 Å². The molecule has 5 rings (SSSR count). The number of imidazole rings is 1. The molecule has 3 heterocycles. The highest BCUT2D eigenvalue weighted by Gasteiger charge is 2.43. The third-order valence-corrected chi connectivity index (χ3v) is 6.93. The second-order valence-electron chi connectivity index (χ2n) is 8.89. The first-order valence-electron chi connectivity index (χ1n) is 10.9. The minimum Gasteiger partial charge on any atom is -0.359 e. The van der Waals surface area contributed by atoms with E-state index in [1.54, 1.807) is 18.5 Å². The van der Waals surface area contributed by atoms with Crippen molar-refractivity contribution in [2.24, 2.45) is 0 Å². The first kappa shape index (κ1) is 21.9. The molecular weight excluding hydrogens is 451 g/mol. The molecule has 1 aliphatic carbocycles. The van der Waals surface area contributed by atoms with Crippen LogP contribution in [0.1, 0.15) is 56.7 Å². The largest absolute Gasteiger partial charge is 0.417 e. The number of fused-ring (bicyclic) bond motifs is 1. The molecule has 2 aliphatic rings. The topological polar surface area (TPSA) is 57.7 Å². The smallest absolute Gasteiger partial charge is 0.359 e. The van der Waals surface area contributed by atoms with Crippen molar-refractivity contribution in [3.05, 3.63) is 70.2 Å². The van der Waals surface area contributed by atoms with E-state index in [0.29, 0.717) is 22.7 Å². The highest BCUT2D eigenvalue weighted by atomic mass is 35.5. The van der Waals surface area contributed by atoms with Gasteiger partial charge in [-0.25, -0.2) is 15.0 Å². The third kappa shape index (κ3) is 3.80. The van der Waals surface area contributed by atoms with Gasteiger partial charge < -0.3 is 9.88 Å². The summed E-state index contributed by atoms with van der Waals surface area (Å²) in [5.41, 5.74) is 2.76. The number of benzene rings is 1. The summed E-state index contributed by atoms with van der Waals surface area (Å²) in [4.78, 5) is 19.1. The van der Waals surface area contributed by atoms with E-state index < -0.39 is 17.3 Å². The van der Waals surface area contributed by atoms with Crippen molar-refractivity contribution in [2.75, 3.05) is 6.54 Å². The van der Waals surface area contributed by atoms with Crippen molar-refractivity contribution in [3.8, 4) is 0 Å². The molecule has 9 heteroatoms. The Morgan fingerprint density at radius 2 is 1.91 bits per heavy atom. The van der Waals surface area contributed by atoms with Gasteiger partial charge in [-0.2, -0.15) is 13.2 Å². The minimum atomic E-state index is -4.53. The summed E-state index contributed by atoms with van der Waals surface area (Å²) < 4.78 is 40.1. The highest BCUT2D eigenvalue weighted by molar-refractivity contribution is 6.32. The molecule has 1 fully saturated rings. The lowest BCUT2D eigenvalue weighted by Crippen LogP contribution is -2.39. The van der Waals surface area contributed by atoms with Crippen LogP contribution in [0.3, 0.4) is 0 Å². The maximum Gasteiger partial charge on any atom is 0.417 e. The lowest BCUT2D eigenvalue weighted by atomic mass is 9.91. The zero-order valence-corrected chi connectivity index (χ0v) is 19.1. The monoisotopic (exact) mass is 473 g/mol. The number of hydrogen-bond acceptors (Lipinski definition) is 4. The molecule has 1 atom stereocenters. The molecule has 5 nitrogen and oxygen atoms in total. The lowest BCUT2D eigenvalue weighted by Gasteiger charge is -2.38. The van der Waals surface area contributed by atoms with Gasteiger partial charge in [-0.1, -0.05) is 17.2 Å². The Hall–Kier alpha value is -2.87. The molecule has 0 radical (unpaired) electrons. The second kappa shape index (κ2) is 7.87. The van der Waals surface area contributed by atoms with E-state index in [4.69, 9.17) is 11.6 Å². The molecule has 33 heavy (non-hydrogen) atoms. The summed E-state index contributed by atoms with van der Waals surface area (Å²) in [5.74, 6) is 1.33. The first-order chi connectivity index (χ1) is 15.7. The number of rotatable bonds is 3. The summed E-state index contributed by atoms with van der Waals surface area (Å²) in [5, 5.41) is -0.349. The molecule has 172 valence electrons. The van der Waals surface area contributed by atoms with Crippen LogP contribution in [0.5, 0.6) is 0 Å². The van der Waals surface area contributed by atoms with E-state index in [0.717, 1.165) is 49.6 Å². The number of halogens is 4. The van der Waals surface area contributed by atoms with Crippen LogP contribution in [0.2, 0.25) is 5.02 Å². The molecule has 1 aromatic carbocycles. The predicted octanol–water partition coefficient (Wildman–Crippen LogP) is 6.49. The minimum absolute atomic E-state index is 0.325. The van der Waals surface area contributed by atoms with Gasteiger partial charge in [0.15, 0.2) is 5.82 Å². The van der Waals surface area contributed by atoms with Gasteiger partial charge in [-0.05, 0) is 63.8 Å². The van der Waals surface area contributed by atoms with Crippen molar-refractivity contribution >= 4 is 28.2 Å². The van der Waals surface area contributed by atoms with Crippen molar-refractivity contribution in [1.82, 2.24) is 24.8 Å². The molecule has 3 aromatic rings. The van der Waals surface area contributed by atoms with Gasteiger partial charge in [-0.15, -0.1) is 0 Å². The summed E-state index contributed by atoms with van der Waals surface area (Å²) in [6, 6.07) is 4.13. The van der Waals surface area contributed by atoms with Crippen molar-refractivity contribution in [2.45, 2.75) is 51.2 Å². The van der Waals surface area contributed by atoms with Crippen LogP contribution in [0.25, 0.3) is 16.6 Å². The number of nitrogens with one attached hydrogen (secondary N) is 1. The summed E-state index contributed by atoms with van der Waals surface area (Å²) in [6.07, 6.45) is 4.64. The van der Waals surface area contributed by atoms with Gasteiger partial charge >= 0.3 is 6.18 Å². The normalized spacial score (nSPS) is 21.8. The van der Waals surface area contributed by atoms with Crippen LogP contribution in [0.15, 0.2) is 47.9 Å². The molecule has 0 spiro atoms. The number of hydrogen-bond donors (Lipinski definition) is 1. The number of H-pyrrole nitrogens is 1. The van der Waals surface area contributed by atoms with E-state index in [1.165, 1.54) is 11.6 Å². The average Bonchev–Trinajstić information content (AvgIpc) is 3.37. The van der Waals surface area contributed by atoms with Crippen molar-refractivity contribution < 1.29 is 13.2 Å². The quantitative estimate of drug-likeness (QED) is 0.472. The highest BCUT2D eigenvalue weighted by Crippen LogP contribution is 2.45. The molecule has 2 aromatic heterocycles. The fraction of sp³-hybridized carbons (Fsp3) is 0.375. The first-order valence-corrected chi connectivity index (χ1v) is 11.3. The van der Waals surface area contributed by atoms with Gasteiger partial charge in [0.25, 0.3) is 0 Å². The maximum absolute atomic E-state index is 13.4. The van der Waals surface area contributed by atoms with Crippen LogP contribution in [0.4, 0.5) is 13.2 Å². The van der Waals surface area contributed by atoms with E-state index >= 15 is 0 Å². The zero-order chi connectivity index (χ0) is 23.4. The van der Waals surface area contributed by atoms with E-state index in [-0.39, 0.29) is 5.02 Å². The Morgan fingerprint density at radius 1 is 1.15 bits per heavy atom. The Bertz CT molecular complexity index is 1280. The number of nitrogens with zero attached hydrogens (tertiary/aromatic N) is 4. The third-order valence-electron chi connectivity index (χ3n) is 6.62. The molecule has 1 saturated heterocycles. The van der Waals surface area contributed by atoms with Gasteiger partial charge in [-0.3, -0.25) is 0 Å². The molecule has 0 bridgehead atoms. The SMILES string of the molecule is CC1=CC(N2CCC[C@@]2(C)c2nc3cc(Cl)c(C(F)(F)F)cc3[nH]2)=C(c2ncccn2)CC1. The van der Waals surface area contributed by atoms with Crippen LogP contribution in [-0.4, -0.2) is 31.4 Å².